The van der Waals surface area contributed by atoms with E-state index in [1.54, 1.807) is 12.4 Å². The summed E-state index contributed by atoms with van der Waals surface area (Å²) in [4.78, 5) is 16.0. The Bertz CT molecular complexity index is 408. The third kappa shape index (κ3) is 2.81. The molecule has 1 aliphatic rings. The number of amides is 1. The lowest BCUT2D eigenvalue weighted by Gasteiger charge is -2.29. The van der Waals surface area contributed by atoms with Gasteiger partial charge in [0.25, 0.3) is 0 Å². The first-order valence-corrected chi connectivity index (χ1v) is 5.75. The molecule has 92 valence electrons. The van der Waals surface area contributed by atoms with Gasteiger partial charge in [-0.3, -0.25) is 9.78 Å². The average molecular weight is 235 g/mol. The molecule has 1 saturated heterocycles. The number of aromatic nitrogens is 1. The normalized spacial score (nSPS) is 24.4. The molecule has 1 amide bonds. The first-order valence-electron chi connectivity index (χ1n) is 5.75. The second-order valence-corrected chi connectivity index (χ2v) is 4.19. The van der Waals surface area contributed by atoms with Crippen molar-refractivity contribution < 1.29 is 9.53 Å². The lowest BCUT2D eigenvalue weighted by atomic mass is 10.1. The van der Waals surface area contributed by atoms with E-state index in [1.165, 1.54) is 0 Å². The Labute approximate surface area is 101 Å². The Morgan fingerprint density at radius 1 is 1.65 bits per heavy atom. The largest absolute Gasteiger partial charge is 0.375 e. The van der Waals surface area contributed by atoms with Crippen LogP contribution in [0.5, 0.6) is 0 Å². The Balaban J connectivity index is 2.03. The fourth-order valence-corrected chi connectivity index (χ4v) is 1.83. The van der Waals surface area contributed by atoms with Gasteiger partial charge in [-0.15, -0.1) is 0 Å². The molecule has 0 bridgehead atoms. The summed E-state index contributed by atoms with van der Waals surface area (Å²) in [5.74, 6) is -0.0756. The third-order valence-corrected chi connectivity index (χ3v) is 2.90. The Hall–Kier alpha value is -1.46. The summed E-state index contributed by atoms with van der Waals surface area (Å²) < 4.78 is 5.44. The van der Waals surface area contributed by atoms with E-state index >= 15 is 0 Å². The maximum absolute atomic E-state index is 12.0. The van der Waals surface area contributed by atoms with Gasteiger partial charge in [-0.1, -0.05) is 0 Å². The number of hydrogen-bond acceptors (Lipinski definition) is 4. The van der Waals surface area contributed by atoms with E-state index in [0.717, 1.165) is 11.3 Å². The van der Waals surface area contributed by atoms with Crippen LogP contribution in [-0.4, -0.2) is 36.2 Å². The number of hydrogen-bond donors (Lipinski definition) is 2. The van der Waals surface area contributed by atoms with Crippen LogP contribution in [0.4, 0.5) is 5.69 Å². The summed E-state index contributed by atoms with van der Waals surface area (Å²) >= 11 is 0. The van der Waals surface area contributed by atoms with Gasteiger partial charge in [-0.25, -0.2) is 0 Å². The second-order valence-electron chi connectivity index (χ2n) is 4.19. The van der Waals surface area contributed by atoms with Gasteiger partial charge in [0, 0.05) is 12.7 Å². The SMILES string of the molecule is Cc1ccncc1NC(=O)[C@H]1NCCO[C@@H]1C. The molecule has 2 heterocycles. The summed E-state index contributed by atoms with van der Waals surface area (Å²) in [6.07, 6.45) is 3.25. The molecule has 5 heteroatoms. The molecule has 2 N–H and O–H groups in total. The van der Waals surface area contributed by atoms with Crippen molar-refractivity contribution in [1.29, 1.82) is 0 Å². The molecule has 0 radical (unpaired) electrons. The van der Waals surface area contributed by atoms with Crippen molar-refractivity contribution in [2.75, 3.05) is 18.5 Å². The number of nitrogens with one attached hydrogen (secondary N) is 2. The van der Waals surface area contributed by atoms with E-state index in [1.807, 2.05) is 19.9 Å². The van der Waals surface area contributed by atoms with Crippen LogP contribution in [-0.2, 0) is 9.53 Å². The number of ether oxygens (including phenoxy) is 1. The number of pyridine rings is 1. The Morgan fingerprint density at radius 3 is 3.18 bits per heavy atom. The highest BCUT2D eigenvalue weighted by Gasteiger charge is 2.28. The summed E-state index contributed by atoms with van der Waals surface area (Å²) in [6.45, 7) is 5.18. The van der Waals surface area contributed by atoms with Crippen LogP contribution in [0.3, 0.4) is 0 Å². The lowest BCUT2D eigenvalue weighted by molar-refractivity contribution is -0.123. The van der Waals surface area contributed by atoms with Crippen LogP contribution in [0, 0.1) is 6.92 Å². The predicted molar refractivity (Wildman–Crippen MR) is 64.8 cm³/mol. The van der Waals surface area contributed by atoms with Crippen LogP contribution in [0.1, 0.15) is 12.5 Å². The van der Waals surface area contributed by atoms with Crippen molar-refractivity contribution in [3.05, 3.63) is 24.0 Å². The Kier molecular flexibility index (Phi) is 3.71. The molecule has 5 nitrogen and oxygen atoms in total. The van der Waals surface area contributed by atoms with Crippen molar-refractivity contribution in [2.45, 2.75) is 26.0 Å². The molecule has 1 aromatic heterocycles. The number of carbonyl (C=O) groups is 1. The zero-order chi connectivity index (χ0) is 12.3. The quantitative estimate of drug-likeness (QED) is 0.792. The molecule has 2 atom stereocenters. The van der Waals surface area contributed by atoms with Gasteiger partial charge in [0.15, 0.2) is 0 Å². The molecular formula is C12H17N3O2. The number of morpholine rings is 1. The van der Waals surface area contributed by atoms with Crippen molar-refractivity contribution in [1.82, 2.24) is 10.3 Å². The molecule has 1 fully saturated rings. The van der Waals surface area contributed by atoms with Gasteiger partial charge >= 0.3 is 0 Å². The van der Waals surface area contributed by atoms with Crippen molar-refractivity contribution >= 4 is 11.6 Å². The van der Waals surface area contributed by atoms with Crippen molar-refractivity contribution in [3.8, 4) is 0 Å². The minimum absolute atomic E-state index is 0.0756. The van der Waals surface area contributed by atoms with E-state index < -0.39 is 0 Å². The fraction of sp³-hybridized carbons (Fsp3) is 0.500. The predicted octanol–water partition coefficient (Wildman–Crippen LogP) is 0.705. The zero-order valence-corrected chi connectivity index (χ0v) is 10.1. The standard InChI is InChI=1S/C12H17N3O2/c1-8-3-4-13-7-10(8)15-12(16)11-9(2)17-6-5-14-11/h3-4,7,9,11,14H,5-6H2,1-2H3,(H,15,16)/t9-,11+/m1/s1. The fourth-order valence-electron chi connectivity index (χ4n) is 1.83. The van der Waals surface area contributed by atoms with Gasteiger partial charge in [0.05, 0.1) is 24.6 Å². The van der Waals surface area contributed by atoms with Gasteiger partial charge in [-0.2, -0.15) is 0 Å². The minimum atomic E-state index is -0.302. The number of nitrogens with zero attached hydrogens (tertiary/aromatic N) is 1. The van der Waals surface area contributed by atoms with Gasteiger partial charge in [0.1, 0.15) is 6.04 Å². The molecule has 0 unspecified atom stereocenters. The summed E-state index contributed by atoms with van der Waals surface area (Å²) in [5, 5.41) is 6.02. The molecule has 1 aliphatic heterocycles. The van der Waals surface area contributed by atoms with E-state index in [2.05, 4.69) is 15.6 Å². The first kappa shape index (κ1) is 12.0. The topological polar surface area (TPSA) is 63.2 Å². The molecule has 0 aromatic carbocycles. The average Bonchev–Trinajstić information content (AvgIpc) is 2.32. The zero-order valence-electron chi connectivity index (χ0n) is 10.1. The third-order valence-electron chi connectivity index (χ3n) is 2.90. The number of carbonyl (C=O) groups excluding carboxylic acids is 1. The first-order chi connectivity index (χ1) is 8.18. The molecule has 0 saturated carbocycles. The monoisotopic (exact) mass is 235 g/mol. The van der Waals surface area contributed by atoms with E-state index in [-0.39, 0.29) is 18.1 Å². The van der Waals surface area contributed by atoms with E-state index in [9.17, 15) is 4.79 Å². The maximum atomic E-state index is 12.0. The van der Waals surface area contributed by atoms with Gasteiger partial charge < -0.3 is 15.4 Å². The van der Waals surface area contributed by atoms with Crippen LogP contribution in [0.2, 0.25) is 0 Å². The molecule has 2 rings (SSSR count). The number of aryl methyl sites for hydroxylation is 1. The maximum Gasteiger partial charge on any atom is 0.244 e. The van der Waals surface area contributed by atoms with Crippen molar-refractivity contribution in [3.63, 3.8) is 0 Å². The highest BCUT2D eigenvalue weighted by molar-refractivity contribution is 5.95. The van der Waals surface area contributed by atoms with Gasteiger partial charge in [0.2, 0.25) is 5.91 Å². The van der Waals surface area contributed by atoms with E-state index in [4.69, 9.17) is 4.74 Å². The van der Waals surface area contributed by atoms with Gasteiger partial charge in [-0.05, 0) is 25.5 Å². The van der Waals surface area contributed by atoms with Crippen LogP contribution < -0.4 is 10.6 Å². The van der Waals surface area contributed by atoms with E-state index in [0.29, 0.717) is 13.2 Å². The van der Waals surface area contributed by atoms with Crippen LogP contribution in [0.25, 0.3) is 0 Å². The van der Waals surface area contributed by atoms with Crippen LogP contribution in [0.15, 0.2) is 18.5 Å². The Morgan fingerprint density at radius 2 is 2.47 bits per heavy atom. The lowest BCUT2D eigenvalue weighted by Crippen LogP contribution is -2.53. The highest BCUT2D eigenvalue weighted by atomic mass is 16.5. The van der Waals surface area contributed by atoms with Crippen molar-refractivity contribution in [2.24, 2.45) is 0 Å². The second kappa shape index (κ2) is 5.25. The minimum Gasteiger partial charge on any atom is -0.375 e. The molecule has 17 heavy (non-hydrogen) atoms. The summed E-state index contributed by atoms with van der Waals surface area (Å²) in [7, 11) is 0. The highest BCUT2D eigenvalue weighted by Crippen LogP contribution is 2.13. The molecule has 0 spiro atoms. The smallest absolute Gasteiger partial charge is 0.244 e. The number of anilines is 1. The summed E-state index contributed by atoms with van der Waals surface area (Å²) in [5.41, 5.74) is 1.75. The summed E-state index contributed by atoms with van der Waals surface area (Å²) in [6, 6.07) is 1.56. The molecule has 1 aromatic rings. The molecule has 0 aliphatic carbocycles. The number of rotatable bonds is 2. The molecular weight excluding hydrogens is 218 g/mol. The van der Waals surface area contributed by atoms with Crippen LogP contribution >= 0.6 is 0 Å².